The van der Waals surface area contributed by atoms with Crippen molar-refractivity contribution in [1.29, 1.82) is 0 Å². The summed E-state index contributed by atoms with van der Waals surface area (Å²) in [5.41, 5.74) is 3.61. The molecule has 2 bridgehead atoms. The highest BCUT2D eigenvalue weighted by atomic mass is 16.3. The fourth-order valence-electron chi connectivity index (χ4n) is 2.80. The lowest BCUT2D eigenvalue weighted by atomic mass is 9.87. The zero-order valence-electron chi connectivity index (χ0n) is 11.0. The number of phenolic OH excluding ortho intramolecular Hbond substituents is 2. The molecule has 3 aliphatic heterocycles. The van der Waals surface area contributed by atoms with Gasteiger partial charge in [0.1, 0.15) is 11.5 Å². The molecule has 1 aromatic rings. The molecule has 0 spiro atoms. The number of hydrogen-bond acceptors (Lipinski definition) is 5. The summed E-state index contributed by atoms with van der Waals surface area (Å²) in [5.74, 6) is -0.334. The van der Waals surface area contributed by atoms with Crippen molar-refractivity contribution in [2.75, 3.05) is 19.6 Å². The number of fused-ring (bicyclic) bond motifs is 3. The van der Waals surface area contributed by atoms with Crippen LogP contribution < -0.4 is 5.43 Å². The number of hydrogen-bond donors (Lipinski definition) is 3. The molecule has 0 saturated carbocycles. The Bertz CT molecular complexity index is 563. The average molecular weight is 275 g/mol. The second-order valence-electron chi connectivity index (χ2n) is 5.30. The van der Waals surface area contributed by atoms with Crippen molar-refractivity contribution in [3.05, 3.63) is 23.8 Å². The molecule has 0 aromatic heterocycles. The molecule has 4 rings (SSSR count). The van der Waals surface area contributed by atoms with Gasteiger partial charge in [0.25, 0.3) is 5.91 Å². The SMILES string of the molecule is O=C(N/N=C1/CN2CCC1CC2)c1ccc(O)cc1O. The highest BCUT2D eigenvalue weighted by molar-refractivity contribution is 5.98. The lowest BCUT2D eigenvalue weighted by Gasteiger charge is -2.39. The summed E-state index contributed by atoms with van der Waals surface area (Å²) in [7, 11) is 0. The van der Waals surface area contributed by atoms with Crippen LogP contribution in [0.15, 0.2) is 23.3 Å². The van der Waals surface area contributed by atoms with Gasteiger partial charge in [-0.05, 0) is 38.1 Å². The fourth-order valence-corrected chi connectivity index (χ4v) is 2.80. The van der Waals surface area contributed by atoms with Gasteiger partial charge < -0.3 is 10.2 Å². The van der Waals surface area contributed by atoms with Crippen molar-refractivity contribution < 1.29 is 15.0 Å². The normalized spacial score (nSPS) is 26.7. The molecule has 20 heavy (non-hydrogen) atoms. The van der Waals surface area contributed by atoms with E-state index in [2.05, 4.69) is 15.4 Å². The molecule has 3 aliphatic rings. The minimum absolute atomic E-state index is 0.0808. The van der Waals surface area contributed by atoms with Crippen molar-refractivity contribution in [3.8, 4) is 11.5 Å². The van der Waals surface area contributed by atoms with Crippen molar-refractivity contribution in [1.82, 2.24) is 10.3 Å². The molecule has 6 nitrogen and oxygen atoms in total. The molecule has 0 atom stereocenters. The number of benzene rings is 1. The summed E-state index contributed by atoms with van der Waals surface area (Å²) >= 11 is 0. The van der Waals surface area contributed by atoms with Crippen molar-refractivity contribution in [3.63, 3.8) is 0 Å². The highest BCUT2D eigenvalue weighted by Gasteiger charge is 2.31. The van der Waals surface area contributed by atoms with Crippen LogP contribution >= 0.6 is 0 Å². The number of nitrogens with one attached hydrogen (secondary N) is 1. The Hall–Kier alpha value is -2.08. The topological polar surface area (TPSA) is 85.2 Å². The second-order valence-corrected chi connectivity index (χ2v) is 5.30. The Morgan fingerprint density at radius 3 is 2.65 bits per heavy atom. The van der Waals surface area contributed by atoms with Crippen LogP contribution in [0, 0.1) is 5.92 Å². The molecule has 1 amide bonds. The van der Waals surface area contributed by atoms with Gasteiger partial charge in [-0.1, -0.05) is 0 Å². The maximum absolute atomic E-state index is 12.0. The van der Waals surface area contributed by atoms with Gasteiger partial charge >= 0.3 is 0 Å². The van der Waals surface area contributed by atoms with E-state index in [1.807, 2.05) is 0 Å². The number of nitrogens with zero attached hydrogens (tertiary/aromatic N) is 2. The molecular formula is C14H17N3O3. The largest absolute Gasteiger partial charge is 0.508 e. The van der Waals surface area contributed by atoms with Gasteiger partial charge in [0, 0.05) is 18.5 Å². The second kappa shape index (κ2) is 5.13. The van der Waals surface area contributed by atoms with Crippen LogP contribution in [0.2, 0.25) is 0 Å². The summed E-state index contributed by atoms with van der Waals surface area (Å²) < 4.78 is 0. The maximum atomic E-state index is 12.0. The van der Waals surface area contributed by atoms with Crippen LogP contribution in [0.1, 0.15) is 23.2 Å². The maximum Gasteiger partial charge on any atom is 0.275 e. The molecule has 6 heteroatoms. The Balaban J connectivity index is 1.70. The van der Waals surface area contributed by atoms with E-state index in [0.717, 1.165) is 44.3 Å². The summed E-state index contributed by atoms with van der Waals surface area (Å²) in [6.07, 6.45) is 2.19. The van der Waals surface area contributed by atoms with Crippen molar-refractivity contribution in [2.45, 2.75) is 12.8 Å². The Kier molecular flexibility index (Phi) is 3.31. The van der Waals surface area contributed by atoms with Crippen molar-refractivity contribution >= 4 is 11.6 Å². The molecule has 106 valence electrons. The standard InChI is InChI=1S/C14H17N3O3/c18-10-1-2-11(13(19)7-10)14(20)16-15-12-8-17-5-3-9(12)4-6-17/h1-2,7,9,18-19H,3-6,8H2,(H,16,20)/b15-12-. The van der Waals surface area contributed by atoms with Gasteiger partial charge in [0.2, 0.25) is 0 Å². The number of hydrazone groups is 1. The summed E-state index contributed by atoms with van der Waals surface area (Å²) in [6, 6.07) is 3.86. The summed E-state index contributed by atoms with van der Waals surface area (Å²) in [4.78, 5) is 14.3. The third-order valence-corrected chi connectivity index (χ3v) is 3.97. The molecule has 0 radical (unpaired) electrons. The van der Waals surface area contributed by atoms with Crippen LogP contribution in [0.25, 0.3) is 0 Å². The van der Waals surface area contributed by atoms with E-state index in [9.17, 15) is 15.0 Å². The van der Waals surface area contributed by atoms with Crippen LogP contribution in [0.5, 0.6) is 11.5 Å². The van der Waals surface area contributed by atoms with Gasteiger partial charge in [0.15, 0.2) is 0 Å². The number of aromatic hydroxyl groups is 2. The average Bonchev–Trinajstić information content (AvgIpc) is 2.46. The van der Waals surface area contributed by atoms with Crippen LogP contribution in [0.3, 0.4) is 0 Å². The van der Waals surface area contributed by atoms with E-state index in [1.54, 1.807) is 0 Å². The van der Waals surface area contributed by atoms with Gasteiger partial charge in [0.05, 0.1) is 11.3 Å². The lowest BCUT2D eigenvalue weighted by Crippen LogP contribution is -2.48. The van der Waals surface area contributed by atoms with Crippen LogP contribution in [-0.4, -0.2) is 46.4 Å². The van der Waals surface area contributed by atoms with Gasteiger partial charge in [-0.3, -0.25) is 9.69 Å². The summed E-state index contributed by atoms with van der Waals surface area (Å²) in [5, 5.41) is 23.0. The van der Waals surface area contributed by atoms with E-state index >= 15 is 0 Å². The first kappa shape index (κ1) is 12.9. The highest BCUT2D eigenvalue weighted by Crippen LogP contribution is 2.25. The van der Waals surface area contributed by atoms with E-state index in [1.165, 1.54) is 12.1 Å². The number of phenols is 2. The Labute approximate surface area is 116 Å². The zero-order valence-corrected chi connectivity index (χ0v) is 11.0. The third-order valence-electron chi connectivity index (χ3n) is 3.97. The lowest BCUT2D eigenvalue weighted by molar-refractivity contribution is 0.0950. The first-order chi connectivity index (χ1) is 9.63. The number of carbonyl (C=O) groups excluding carboxylic acids is 1. The van der Waals surface area contributed by atoms with Crippen molar-refractivity contribution in [2.24, 2.45) is 11.0 Å². The monoisotopic (exact) mass is 275 g/mol. The molecular weight excluding hydrogens is 258 g/mol. The molecule has 3 saturated heterocycles. The predicted molar refractivity (Wildman–Crippen MR) is 73.8 cm³/mol. The van der Waals surface area contributed by atoms with E-state index in [0.29, 0.717) is 5.92 Å². The zero-order chi connectivity index (χ0) is 14.1. The predicted octanol–water partition coefficient (Wildman–Crippen LogP) is 0.909. The van der Waals surface area contributed by atoms with Gasteiger partial charge in [-0.2, -0.15) is 5.10 Å². The number of piperidine rings is 3. The minimum Gasteiger partial charge on any atom is -0.508 e. The van der Waals surface area contributed by atoms with Gasteiger partial charge in [-0.15, -0.1) is 0 Å². The number of rotatable bonds is 2. The first-order valence-corrected chi connectivity index (χ1v) is 6.74. The quantitative estimate of drug-likeness (QED) is 0.700. The number of amides is 1. The summed E-state index contributed by atoms with van der Waals surface area (Å²) in [6.45, 7) is 3.03. The van der Waals surface area contributed by atoms with Crippen LogP contribution in [-0.2, 0) is 0 Å². The smallest absolute Gasteiger partial charge is 0.275 e. The first-order valence-electron chi connectivity index (χ1n) is 6.74. The third kappa shape index (κ3) is 2.46. The van der Waals surface area contributed by atoms with Gasteiger partial charge in [-0.25, -0.2) is 5.43 Å². The molecule has 0 aliphatic carbocycles. The van der Waals surface area contributed by atoms with E-state index in [-0.39, 0.29) is 17.1 Å². The van der Waals surface area contributed by atoms with E-state index in [4.69, 9.17) is 0 Å². The molecule has 3 fully saturated rings. The Morgan fingerprint density at radius 2 is 2.05 bits per heavy atom. The van der Waals surface area contributed by atoms with Crippen LogP contribution in [0.4, 0.5) is 0 Å². The fraction of sp³-hybridized carbons (Fsp3) is 0.429. The molecule has 1 aromatic carbocycles. The molecule has 3 heterocycles. The Morgan fingerprint density at radius 1 is 1.30 bits per heavy atom. The number of carbonyl (C=O) groups is 1. The molecule has 3 N–H and O–H groups in total. The van der Waals surface area contributed by atoms with E-state index < -0.39 is 5.91 Å². The molecule has 0 unspecified atom stereocenters. The minimum atomic E-state index is -0.466.